The van der Waals surface area contributed by atoms with Crippen LogP contribution >= 0.6 is 12.6 Å². The van der Waals surface area contributed by atoms with E-state index in [-0.39, 0.29) is 23.4 Å². The lowest BCUT2D eigenvalue weighted by Crippen LogP contribution is -2.22. The lowest BCUT2D eigenvalue weighted by molar-refractivity contribution is -0.118. The number of thiol groups is 1. The van der Waals surface area contributed by atoms with Gasteiger partial charge in [-0.2, -0.15) is 12.6 Å². The van der Waals surface area contributed by atoms with Gasteiger partial charge in [0.25, 0.3) is 0 Å². The Kier molecular flexibility index (Phi) is 12.4. The van der Waals surface area contributed by atoms with E-state index in [2.05, 4.69) is 24.9 Å². The molecule has 1 N–H and O–H groups in total. The van der Waals surface area contributed by atoms with Crippen molar-refractivity contribution in [3.8, 4) is 5.75 Å². The second-order valence-corrected chi connectivity index (χ2v) is 7.07. The first-order valence-corrected chi connectivity index (χ1v) is 9.98. The second-order valence-electron chi connectivity index (χ2n) is 6.34. The van der Waals surface area contributed by atoms with Crippen LogP contribution in [0.15, 0.2) is 42.5 Å². The summed E-state index contributed by atoms with van der Waals surface area (Å²) in [6, 6.07) is 9.41. The van der Waals surface area contributed by atoms with Gasteiger partial charge >= 0.3 is 0 Å². The zero-order chi connectivity index (χ0) is 19.0. The predicted molar refractivity (Wildman–Crippen MR) is 110 cm³/mol. The lowest BCUT2D eigenvalue weighted by atomic mass is 10.1. The number of ketones is 1. The van der Waals surface area contributed by atoms with E-state index in [1.54, 1.807) is 0 Å². The van der Waals surface area contributed by atoms with Gasteiger partial charge in [-0.1, -0.05) is 57.2 Å². The Bertz CT molecular complexity index is 545. The number of amides is 1. The van der Waals surface area contributed by atoms with E-state index in [1.807, 2.05) is 30.3 Å². The summed E-state index contributed by atoms with van der Waals surface area (Å²) in [4.78, 5) is 23.6. The van der Waals surface area contributed by atoms with Crippen LogP contribution in [0.25, 0.3) is 0 Å². The first-order chi connectivity index (χ1) is 12.6. The summed E-state index contributed by atoms with van der Waals surface area (Å²) in [5.74, 6) is 0.406. The Morgan fingerprint density at radius 3 is 2.50 bits per heavy atom. The Morgan fingerprint density at radius 1 is 1.08 bits per heavy atom. The third-order valence-corrected chi connectivity index (χ3v) is 4.20. The Balaban J connectivity index is 2.11. The quantitative estimate of drug-likeness (QED) is 0.288. The van der Waals surface area contributed by atoms with Crippen LogP contribution < -0.4 is 10.1 Å². The maximum atomic E-state index is 11.9. The van der Waals surface area contributed by atoms with E-state index in [1.165, 1.54) is 37.8 Å². The first kappa shape index (κ1) is 22.3. The molecule has 0 spiro atoms. The second kappa shape index (κ2) is 14.4. The van der Waals surface area contributed by atoms with Gasteiger partial charge in [-0.15, -0.1) is 0 Å². The maximum Gasteiger partial charge on any atom is 0.244 e. The minimum Gasteiger partial charge on any atom is -0.492 e. The molecule has 0 heterocycles. The molecule has 4 nitrogen and oxygen atoms in total. The van der Waals surface area contributed by atoms with Crippen LogP contribution in [0.2, 0.25) is 0 Å². The molecule has 0 saturated heterocycles. The molecule has 5 heteroatoms. The van der Waals surface area contributed by atoms with Gasteiger partial charge in [-0.25, -0.2) is 0 Å². The molecule has 0 bridgehead atoms. The summed E-state index contributed by atoms with van der Waals surface area (Å²) in [6.45, 7) is 3.20. The first-order valence-electron chi connectivity index (χ1n) is 9.46. The number of unbranched alkanes of at least 4 members (excludes halogenated alkanes) is 5. The molecule has 0 aliphatic heterocycles. The van der Waals surface area contributed by atoms with Crippen molar-refractivity contribution >= 4 is 24.3 Å². The van der Waals surface area contributed by atoms with Crippen molar-refractivity contribution in [1.82, 2.24) is 5.32 Å². The summed E-state index contributed by atoms with van der Waals surface area (Å²) >= 11 is 4.37. The molecule has 1 amide bonds. The minimum absolute atomic E-state index is 0.128. The van der Waals surface area contributed by atoms with Gasteiger partial charge in [0.2, 0.25) is 5.91 Å². The summed E-state index contributed by atoms with van der Waals surface area (Å²) in [6.07, 6.45) is 9.96. The SMILES string of the molecule is CCCCCCCCNC(=O)C=CC(=O)CC(S)COc1ccccc1. The molecule has 1 unspecified atom stereocenters. The third-order valence-electron chi connectivity index (χ3n) is 3.87. The average Bonchev–Trinajstić information content (AvgIpc) is 2.65. The van der Waals surface area contributed by atoms with Crippen LogP contribution in [0.3, 0.4) is 0 Å². The summed E-state index contributed by atoms with van der Waals surface area (Å²) in [5.41, 5.74) is 0. The fourth-order valence-electron chi connectivity index (χ4n) is 2.41. The summed E-state index contributed by atoms with van der Waals surface area (Å²) in [5, 5.41) is 2.60. The molecule has 1 rings (SSSR count). The molecule has 0 aliphatic carbocycles. The van der Waals surface area contributed by atoms with Crippen molar-refractivity contribution in [3.05, 3.63) is 42.5 Å². The molecule has 1 aromatic carbocycles. The Morgan fingerprint density at radius 2 is 1.77 bits per heavy atom. The molecule has 0 saturated carbocycles. The van der Waals surface area contributed by atoms with E-state index in [9.17, 15) is 9.59 Å². The van der Waals surface area contributed by atoms with Crippen molar-refractivity contribution in [1.29, 1.82) is 0 Å². The Hall–Kier alpha value is -1.75. The topological polar surface area (TPSA) is 55.4 Å². The highest BCUT2D eigenvalue weighted by molar-refractivity contribution is 7.81. The molecule has 26 heavy (non-hydrogen) atoms. The Labute approximate surface area is 162 Å². The van der Waals surface area contributed by atoms with Crippen molar-refractivity contribution in [2.75, 3.05) is 13.2 Å². The van der Waals surface area contributed by atoms with Gasteiger partial charge in [0.15, 0.2) is 5.78 Å². The average molecular weight is 378 g/mol. The van der Waals surface area contributed by atoms with Crippen molar-refractivity contribution < 1.29 is 14.3 Å². The number of nitrogens with one attached hydrogen (secondary N) is 1. The van der Waals surface area contributed by atoms with Gasteiger partial charge < -0.3 is 10.1 Å². The van der Waals surface area contributed by atoms with Gasteiger partial charge in [0.05, 0.1) is 0 Å². The molecular formula is C21H31NO3S. The maximum absolute atomic E-state index is 11.9. The molecule has 0 fully saturated rings. The molecule has 1 aromatic rings. The number of para-hydroxylation sites is 1. The van der Waals surface area contributed by atoms with Crippen molar-refractivity contribution in [3.63, 3.8) is 0 Å². The number of carbonyl (C=O) groups is 2. The standard InChI is InChI=1S/C21H31NO3S/c1-2-3-4-5-6-10-15-22-21(24)14-13-18(23)16-20(26)17-25-19-11-8-7-9-12-19/h7-9,11-14,20,26H,2-6,10,15-17H2,1H3,(H,22,24). The number of hydrogen-bond acceptors (Lipinski definition) is 4. The van der Waals surface area contributed by atoms with Gasteiger partial charge in [-0.3, -0.25) is 9.59 Å². The third kappa shape index (κ3) is 11.7. The highest BCUT2D eigenvalue weighted by Crippen LogP contribution is 2.11. The molecular weight excluding hydrogens is 346 g/mol. The normalized spacial score (nSPS) is 12.1. The number of hydrogen-bond donors (Lipinski definition) is 2. The van der Waals surface area contributed by atoms with E-state index in [4.69, 9.17) is 4.74 Å². The molecule has 0 aliphatic rings. The molecule has 0 radical (unpaired) electrons. The van der Waals surface area contributed by atoms with Crippen LogP contribution in [0.5, 0.6) is 5.75 Å². The molecule has 144 valence electrons. The monoisotopic (exact) mass is 377 g/mol. The largest absolute Gasteiger partial charge is 0.492 e. The summed E-state index contributed by atoms with van der Waals surface area (Å²) in [7, 11) is 0. The fraction of sp³-hybridized carbons (Fsp3) is 0.524. The number of allylic oxidation sites excluding steroid dienone is 1. The highest BCUT2D eigenvalue weighted by atomic mass is 32.1. The van der Waals surface area contributed by atoms with Crippen LogP contribution in [-0.2, 0) is 9.59 Å². The highest BCUT2D eigenvalue weighted by Gasteiger charge is 2.09. The molecule has 0 aromatic heterocycles. The zero-order valence-corrected chi connectivity index (χ0v) is 16.5. The smallest absolute Gasteiger partial charge is 0.244 e. The van der Waals surface area contributed by atoms with Crippen LogP contribution in [0.4, 0.5) is 0 Å². The van der Waals surface area contributed by atoms with Gasteiger partial charge in [0.1, 0.15) is 12.4 Å². The number of ether oxygens (including phenoxy) is 1. The minimum atomic E-state index is -0.219. The van der Waals surface area contributed by atoms with Crippen LogP contribution in [0, 0.1) is 0 Å². The number of benzene rings is 1. The van der Waals surface area contributed by atoms with E-state index < -0.39 is 0 Å². The van der Waals surface area contributed by atoms with E-state index in [0.29, 0.717) is 13.2 Å². The van der Waals surface area contributed by atoms with Gasteiger partial charge in [0, 0.05) is 24.3 Å². The summed E-state index contributed by atoms with van der Waals surface area (Å²) < 4.78 is 5.56. The number of rotatable bonds is 14. The fourth-order valence-corrected chi connectivity index (χ4v) is 2.67. The van der Waals surface area contributed by atoms with Crippen molar-refractivity contribution in [2.45, 2.75) is 57.1 Å². The number of carbonyl (C=O) groups excluding carboxylic acids is 2. The van der Waals surface area contributed by atoms with E-state index >= 15 is 0 Å². The van der Waals surface area contributed by atoms with Gasteiger partial charge in [-0.05, 0) is 24.6 Å². The zero-order valence-electron chi connectivity index (χ0n) is 15.7. The van der Waals surface area contributed by atoms with Crippen LogP contribution in [0.1, 0.15) is 51.9 Å². The van der Waals surface area contributed by atoms with Crippen LogP contribution in [-0.4, -0.2) is 30.1 Å². The van der Waals surface area contributed by atoms with E-state index in [0.717, 1.165) is 18.6 Å². The lowest BCUT2D eigenvalue weighted by Gasteiger charge is -2.10. The molecule has 1 atom stereocenters. The predicted octanol–water partition coefficient (Wildman–Crippen LogP) is 4.36. The van der Waals surface area contributed by atoms with Crippen molar-refractivity contribution in [2.24, 2.45) is 0 Å².